The lowest BCUT2D eigenvalue weighted by Crippen LogP contribution is -2.72. The van der Waals surface area contributed by atoms with Gasteiger partial charge in [0.05, 0.1) is 95.1 Å². The molecule has 4 aliphatic heterocycles. The molecule has 0 bridgehead atoms. The molecule has 8 aliphatic rings. The van der Waals surface area contributed by atoms with E-state index in [0.29, 0.717) is 25.7 Å². The summed E-state index contributed by atoms with van der Waals surface area (Å²) in [5.41, 5.74) is -7.06. The van der Waals surface area contributed by atoms with Crippen LogP contribution in [0.1, 0.15) is 142 Å². The van der Waals surface area contributed by atoms with E-state index in [4.69, 9.17) is 42.6 Å². The minimum absolute atomic E-state index is 0.0439. The first-order chi connectivity index (χ1) is 43.9. The largest absolute Gasteiger partial charge is 0.394 e. The number of aliphatic hydroxyl groups excluding tert-OH is 17. The summed E-state index contributed by atoms with van der Waals surface area (Å²) >= 11 is 0. The van der Waals surface area contributed by atoms with E-state index in [-0.39, 0.29) is 74.5 Å². The molecule has 4 aliphatic carbocycles. The first kappa shape index (κ1) is 79.4. The van der Waals surface area contributed by atoms with Crippen LogP contribution in [0.5, 0.6) is 0 Å². The fraction of sp³-hybridized carbons (Fsp3) is 0.971. The number of hydrogen-bond acceptors (Lipinski definition) is 27. The first-order valence-electron chi connectivity index (χ1n) is 34.6. The van der Waals surface area contributed by atoms with E-state index in [0.717, 1.165) is 12.8 Å². The second kappa shape index (κ2) is 29.8. The highest BCUT2D eigenvalue weighted by atomic mass is 16.7. The Bertz CT molecular complexity index is 2520. The van der Waals surface area contributed by atoms with Gasteiger partial charge in [-0.3, -0.25) is 0 Å². The van der Waals surface area contributed by atoms with Crippen LogP contribution in [0.15, 0.2) is 11.6 Å². The first-order valence-corrected chi connectivity index (χ1v) is 34.6. The highest BCUT2D eigenvalue weighted by Crippen LogP contribution is 2.64. The minimum Gasteiger partial charge on any atom is -0.394 e. The van der Waals surface area contributed by atoms with Crippen molar-refractivity contribution in [3.05, 3.63) is 11.6 Å². The Hall–Kier alpha value is -1.34. The second-order valence-corrected chi connectivity index (χ2v) is 32.6. The number of aliphatic hydroxyl groups is 18. The van der Waals surface area contributed by atoms with E-state index in [9.17, 15) is 91.9 Å². The van der Waals surface area contributed by atoms with E-state index in [1.807, 2.05) is 0 Å². The lowest BCUT2D eigenvalue weighted by Gasteiger charge is -2.62. The van der Waals surface area contributed by atoms with Gasteiger partial charge in [-0.05, 0) is 129 Å². The van der Waals surface area contributed by atoms with Crippen molar-refractivity contribution in [1.82, 2.24) is 0 Å². The van der Waals surface area contributed by atoms with E-state index in [1.54, 1.807) is 20.8 Å². The zero-order valence-corrected chi connectivity index (χ0v) is 58.2. The van der Waals surface area contributed by atoms with Gasteiger partial charge in [-0.15, -0.1) is 0 Å². The van der Waals surface area contributed by atoms with Gasteiger partial charge in [0.2, 0.25) is 0 Å². The summed E-state index contributed by atoms with van der Waals surface area (Å²) in [5.74, 6) is -2.27. The van der Waals surface area contributed by atoms with Gasteiger partial charge in [-0.2, -0.15) is 0 Å². The number of allylic oxidation sites excluding steroid dienone is 1. The normalized spacial score (nSPS) is 50.6. The zero-order valence-electron chi connectivity index (χ0n) is 58.2. The van der Waals surface area contributed by atoms with Crippen molar-refractivity contribution < 1.29 is 135 Å². The van der Waals surface area contributed by atoms with Crippen LogP contribution in [0.25, 0.3) is 0 Å². The predicted molar refractivity (Wildman–Crippen MR) is 337 cm³/mol. The van der Waals surface area contributed by atoms with Crippen LogP contribution in [-0.2, 0) is 42.6 Å². The Kier molecular flexibility index (Phi) is 24.9. The summed E-state index contributed by atoms with van der Waals surface area (Å²) in [6, 6.07) is 0. The molecule has 3 saturated carbocycles. The van der Waals surface area contributed by atoms with Crippen LogP contribution < -0.4 is 0 Å². The fourth-order valence-corrected chi connectivity index (χ4v) is 18.0. The molecule has 27 nitrogen and oxygen atoms in total. The van der Waals surface area contributed by atoms with Gasteiger partial charge in [0.25, 0.3) is 0 Å². The summed E-state index contributed by atoms with van der Waals surface area (Å²) in [4.78, 5) is 0. The average molecular weight is 1370 g/mol. The standard InChI is InChI=1S/C68H120O27/c1-31(15-19-45(62(7,8)86)90-30-66(12)60(95-68(14)59(85)54(80)49(75)41(24-70)94-68)55(81)50(76)42(93-66)26-88-28-64(10)57(83)51(77)46(72)34(4)91-64)32(2)36-21-43(71)67(13)37(33(36)3)16-17-38-39(67)18-20-44(61(38,5)6)89-27-63(9)22-35(47(73)52(78)56(63)82)25-87-29-65(11)58(84)53(79)48(74)40(23-69)92-65/h17,31-37,39-60,69-86H,15-16,18-30H2,1-14H3/t31?,32-,33-,34?,35?,36?,37?,39?,40?,41?,42?,43?,44?,45?,46-,47+,48+,49-,50-,51?,52+,53+,54?,55?,56?,57+,58?,59+,60+,63-,64?,65-,66+,67-,68+/m0/s1. The summed E-state index contributed by atoms with van der Waals surface area (Å²) in [6.45, 7) is 22.5. The molecule has 0 spiro atoms. The summed E-state index contributed by atoms with van der Waals surface area (Å²) < 4.78 is 55.8. The molecule has 0 aromatic heterocycles. The zero-order chi connectivity index (χ0) is 71.0. The molecule has 0 aromatic carbocycles. The van der Waals surface area contributed by atoms with Crippen molar-refractivity contribution in [3.8, 4) is 0 Å². The van der Waals surface area contributed by atoms with Crippen LogP contribution in [0.4, 0.5) is 0 Å². The molecule has 18 N–H and O–H groups in total. The van der Waals surface area contributed by atoms with Gasteiger partial charge >= 0.3 is 0 Å². The second-order valence-electron chi connectivity index (χ2n) is 32.6. The van der Waals surface area contributed by atoms with Crippen LogP contribution in [0.2, 0.25) is 0 Å². The molecule has 8 rings (SSSR count). The van der Waals surface area contributed by atoms with Crippen molar-refractivity contribution in [2.24, 2.45) is 57.7 Å². The number of fused-ring (bicyclic) bond motifs is 3. The Morgan fingerprint density at radius 1 is 0.579 bits per heavy atom. The van der Waals surface area contributed by atoms with Gasteiger partial charge in [-0.1, -0.05) is 60.1 Å². The SMILES string of the molecule is CC(CCC(OC[C@@]1(C)OC(COCC2(C)OC(C)[C@H](O)C(O)[C@H]2O)[C@H](O)C(O)[C@H]1O[C@@]1(C)OC(CO)[C@H](O)C(O)[C@H]1O)C(C)(C)O)[C@H](C)C1CC(O)[C@]2(C)C3CCC(OC[C@]4(C)CC(COC[C@]5(C)OC(CO)[C@@H](O)[C@@H](O)C5O)[C@@H](O)[C@@H](O)C4O)C(C)(C)C3=CCC2[C@H]1C. The average Bonchev–Trinajstić information content (AvgIpc) is 0.715. The summed E-state index contributed by atoms with van der Waals surface area (Å²) in [6.07, 6.45) is -24.7. The fourth-order valence-electron chi connectivity index (χ4n) is 18.0. The minimum atomic E-state index is -2.22. The van der Waals surface area contributed by atoms with Crippen molar-refractivity contribution in [2.45, 2.75) is 304 Å². The van der Waals surface area contributed by atoms with Crippen LogP contribution in [0.3, 0.4) is 0 Å². The maximum Gasteiger partial charge on any atom is 0.195 e. The van der Waals surface area contributed by atoms with Gasteiger partial charge in [-0.25, -0.2) is 0 Å². The topological polar surface area (TPSA) is 447 Å². The molecule has 18 unspecified atom stereocenters. The lowest BCUT2D eigenvalue weighted by atomic mass is 9.44. The Balaban J connectivity index is 0.912. The van der Waals surface area contributed by atoms with Crippen LogP contribution >= 0.6 is 0 Å². The quantitative estimate of drug-likeness (QED) is 0.0468. The number of ether oxygens (including phenoxy) is 9. The molecule has 7 fully saturated rings. The highest BCUT2D eigenvalue weighted by molar-refractivity contribution is 5.29. The lowest BCUT2D eigenvalue weighted by molar-refractivity contribution is -0.402. The van der Waals surface area contributed by atoms with Crippen LogP contribution in [0, 0.1) is 57.7 Å². The molecule has 95 heavy (non-hydrogen) atoms. The van der Waals surface area contributed by atoms with E-state index in [1.165, 1.54) is 40.2 Å². The maximum absolute atomic E-state index is 12.6. The molecular weight excluding hydrogens is 1250 g/mol. The third-order valence-electron chi connectivity index (χ3n) is 24.8. The van der Waals surface area contributed by atoms with Crippen molar-refractivity contribution >= 4 is 0 Å². The number of rotatable bonds is 24. The Morgan fingerprint density at radius 2 is 1.12 bits per heavy atom. The molecule has 35 atom stereocenters. The van der Waals surface area contributed by atoms with Crippen molar-refractivity contribution in [3.63, 3.8) is 0 Å². The van der Waals surface area contributed by atoms with Gasteiger partial charge in [0.1, 0.15) is 114 Å². The monoisotopic (exact) mass is 1370 g/mol. The van der Waals surface area contributed by atoms with E-state index < -0.39 is 205 Å². The van der Waals surface area contributed by atoms with Crippen LogP contribution in [-0.4, -0.2) is 307 Å². The molecule has 0 aromatic rings. The smallest absolute Gasteiger partial charge is 0.195 e. The third-order valence-corrected chi connectivity index (χ3v) is 24.8. The molecular formula is C68H120O27. The summed E-state index contributed by atoms with van der Waals surface area (Å²) in [7, 11) is 0. The molecule has 4 heterocycles. The molecule has 27 heteroatoms. The van der Waals surface area contributed by atoms with Gasteiger partial charge in [0.15, 0.2) is 5.79 Å². The number of hydrogen-bond donors (Lipinski definition) is 18. The van der Waals surface area contributed by atoms with E-state index >= 15 is 0 Å². The van der Waals surface area contributed by atoms with Gasteiger partial charge in [0, 0.05) is 22.2 Å². The highest BCUT2D eigenvalue weighted by Gasteiger charge is 2.63. The Labute approximate surface area is 559 Å². The maximum atomic E-state index is 12.6. The molecule has 4 saturated heterocycles. The van der Waals surface area contributed by atoms with Gasteiger partial charge < -0.3 is 135 Å². The predicted octanol–water partition coefficient (Wildman–Crippen LogP) is -1.92. The van der Waals surface area contributed by atoms with E-state index in [2.05, 4.69) is 47.6 Å². The molecule has 554 valence electrons. The van der Waals surface area contributed by atoms with Crippen molar-refractivity contribution in [2.75, 3.05) is 52.9 Å². The molecule has 0 radical (unpaired) electrons. The molecule has 0 amide bonds. The Morgan fingerprint density at radius 3 is 1.72 bits per heavy atom. The van der Waals surface area contributed by atoms with Crippen molar-refractivity contribution in [1.29, 1.82) is 0 Å². The summed E-state index contributed by atoms with van der Waals surface area (Å²) in [5, 5.41) is 198. The third kappa shape index (κ3) is 15.2.